The van der Waals surface area contributed by atoms with Crippen LogP contribution >= 0.6 is 0 Å². The Labute approximate surface area is 117 Å². The van der Waals surface area contributed by atoms with Crippen LogP contribution in [0.2, 0.25) is 0 Å². The lowest BCUT2D eigenvalue weighted by Crippen LogP contribution is -2.30. The van der Waals surface area contributed by atoms with E-state index in [0.29, 0.717) is 12.2 Å². The number of aromatic nitrogens is 4. The fourth-order valence-corrected chi connectivity index (χ4v) is 2.66. The predicted molar refractivity (Wildman–Crippen MR) is 76.0 cm³/mol. The zero-order valence-corrected chi connectivity index (χ0v) is 11.8. The van der Waals surface area contributed by atoms with Crippen LogP contribution in [-0.4, -0.2) is 32.4 Å². The van der Waals surface area contributed by atoms with E-state index < -0.39 is 0 Å². The van der Waals surface area contributed by atoms with Crippen LogP contribution in [0.4, 0.5) is 5.69 Å². The van der Waals surface area contributed by atoms with E-state index in [0.717, 1.165) is 36.4 Å². The Balaban J connectivity index is 1.95. The topological polar surface area (TPSA) is 78.9 Å². The van der Waals surface area contributed by atoms with Gasteiger partial charge in [-0.15, -0.1) is 5.10 Å². The molecule has 0 spiro atoms. The van der Waals surface area contributed by atoms with Crippen molar-refractivity contribution in [3.63, 3.8) is 0 Å². The summed E-state index contributed by atoms with van der Waals surface area (Å²) in [5, 5.41) is 12.1. The molecular weight excluding hydrogens is 254 g/mol. The summed E-state index contributed by atoms with van der Waals surface area (Å²) in [7, 11) is 0. The van der Waals surface area contributed by atoms with Crippen molar-refractivity contribution < 1.29 is 4.74 Å². The molecule has 1 aliphatic rings. The summed E-state index contributed by atoms with van der Waals surface area (Å²) >= 11 is 0. The largest absolute Gasteiger partial charge is 0.399 e. The van der Waals surface area contributed by atoms with E-state index in [4.69, 9.17) is 10.5 Å². The molecule has 1 saturated heterocycles. The summed E-state index contributed by atoms with van der Waals surface area (Å²) in [5.74, 6) is 0.742. The zero-order chi connectivity index (χ0) is 14.2. The Morgan fingerprint density at radius 1 is 1.45 bits per heavy atom. The molecule has 2 heterocycles. The number of hydrogen-bond acceptors (Lipinski definition) is 5. The minimum Gasteiger partial charge on any atom is -0.399 e. The van der Waals surface area contributed by atoms with Gasteiger partial charge < -0.3 is 10.5 Å². The smallest absolute Gasteiger partial charge is 0.182 e. The molecule has 1 fully saturated rings. The first-order valence-corrected chi connectivity index (χ1v) is 6.84. The highest BCUT2D eigenvalue weighted by atomic mass is 16.5. The monoisotopic (exact) mass is 273 g/mol. The lowest BCUT2D eigenvalue weighted by Gasteiger charge is -2.23. The molecule has 0 bridgehead atoms. The number of nitrogen functional groups attached to an aromatic ring is 1. The first-order chi connectivity index (χ1) is 9.57. The zero-order valence-electron chi connectivity index (χ0n) is 11.8. The molecule has 3 rings (SSSR count). The van der Waals surface area contributed by atoms with Crippen LogP contribution in [0.5, 0.6) is 0 Å². The van der Waals surface area contributed by atoms with Crippen LogP contribution in [0.3, 0.4) is 0 Å². The highest BCUT2D eigenvalue weighted by molar-refractivity contribution is 5.65. The average Bonchev–Trinajstić information content (AvgIpc) is 3.02. The Hall–Kier alpha value is -1.95. The number of ether oxygens (including phenoxy) is 1. The van der Waals surface area contributed by atoms with E-state index in [1.807, 2.05) is 29.8 Å². The minimum atomic E-state index is -0.182. The van der Waals surface area contributed by atoms with Gasteiger partial charge in [-0.1, -0.05) is 6.07 Å². The van der Waals surface area contributed by atoms with Gasteiger partial charge in [-0.05, 0) is 54.8 Å². The Kier molecular flexibility index (Phi) is 3.17. The summed E-state index contributed by atoms with van der Waals surface area (Å²) in [6.45, 7) is 5.61. The van der Waals surface area contributed by atoms with Crippen molar-refractivity contribution in [1.82, 2.24) is 20.2 Å². The molecule has 1 aromatic heterocycles. The van der Waals surface area contributed by atoms with Crippen molar-refractivity contribution in [3.05, 3.63) is 23.8 Å². The number of tetrazole rings is 1. The Morgan fingerprint density at radius 2 is 2.30 bits per heavy atom. The third kappa shape index (κ3) is 2.38. The predicted octanol–water partition coefficient (Wildman–Crippen LogP) is 1.80. The van der Waals surface area contributed by atoms with Crippen LogP contribution in [-0.2, 0) is 11.3 Å². The number of hydrogen-bond donors (Lipinski definition) is 1. The molecule has 1 aromatic carbocycles. The summed E-state index contributed by atoms with van der Waals surface area (Å²) in [5.41, 5.74) is 8.47. The lowest BCUT2D eigenvalue weighted by molar-refractivity contribution is 0.00355. The van der Waals surface area contributed by atoms with Crippen LogP contribution in [0.15, 0.2) is 18.2 Å². The van der Waals surface area contributed by atoms with E-state index in [2.05, 4.69) is 22.4 Å². The van der Waals surface area contributed by atoms with E-state index in [1.165, 1.54) is 0 Å². The maximum atomic E-state index is 5.87. The SMILES string of the molecule is Cc1ccc(N)cc1-c1nnnn1CC1(C)CCCO1. The van der Waals surface area contributed by atoms with Crippen molar-refractivity contribution in [2.45, 2.75) is 38.8 Å². The highest BCUT2D eigenvalue weighted by Crippen LogP contribution is 2.29. The van der Waals surface area contributed by atoms with E-state index in [-0.39, 0.29) is 5.60 Å². The van der Waals surface area contributed by atoms with Crippen LogP contribution in [0, 0.1) is 6.92 Å². The Bertz CT molecular complexity index is 616. The second-order valence-electron chi connectivity index (χ2n) is 5.64. The molecule has 6 nitrogen and oxygen atoms in total. The molecule has 1 unspecified atom stereocenters. The van der Waals surface area contributed by atoms with Crippen molar-refractivity contribution in [3.8, 4) is 11.4 Å². The van der Waals surface area contributed by atoms with Gasteiger partial charge in [0.25, 0.3) is 0 Å². The van der Waals surface area contributed by atoms with Crippen LogP contribution in [0.25, 0.3) is 11.4 Å². The molecule has 1 atom stereocenters. The maximum absolute atomic E-state index is 5.87. The summed E-state index contributed by atoms with van der Waals surface area (Å²) in [4.78, 5) is 0. The molecule has 0 amide bonds. The van der Waals surface area contributed by atoms with Crippen molar-refractivity contribution in [1.29, 1.82) is 0 Å². The maximum Gasteiger partial charge on any atom is 0.182 e. The lowest BCUT2D eigenvalue weighted by atomic mass is 10.0. The first-order valence-electron chi connectivity index (χ1n) is 6.84. The van der Waals surface area contributed by atoms with Gasteiger partial charge in [0, 0.05) is 17.9 Å². The molecule has 20 heavy (non-hydrogen) atoms. The second-order valence-corrected chi connectivity index (χ2v) is 5.64. The molecule has 2 aromatic rings. The van der Waals surface area contributed by atoms with Gasteiger partial charge in [0.1, 0.15) is 0 Å². The van der Waals surface area contributed by atoms with Gasteiger partial charge in [-0.2, -0.15) is 0 Å². The third-order valence-electron chi connectivity index (χ3n) is 3.82. The number of anilines is 1. The number of nitrogens with zero attached hydrogens (tertiary/aromatic N) is 4. The van der Waals surface area contributed by atoms with Gasteiger partial charge in [0.2, 0.25) is 0 Å². The van der Waals surface area contributed by atoms with Crippen molar-refractivity contribution in [2.24, 2.45) is 0 Å². The average molecular weight is 273 g/mol. The van der Waals surface area contributed by atoms with Gasteiger partial charge >= 0.3 is 0 Å². The summed E-state index contributed by atoms with van der Waals surface area (Å²) < 4.78 is 7.63. The van der Waals surface area contributed by atoms with E-state index >= 15 is 0 Å². The molecule has 0 radical (unpaired) electrons. The van der Waals surface area contributed by atoms with Gasteiger partial charge in [-0.25, -0.2) is 4.68 Å². The molecule has 2 N–H and O–H groups in total. The van der Waals surface area contributed by atoms with Gasteiger partial charge in [0.05, 0.1) is 12.1 Å². The number of aryl methyl sites for hydroxylation is 1. The molecular formula is C14H19N5O. The van der Waals surface area contributed by atoms with Crippen LogP contribution < -0.4 is 5.73 Å². The molecule has 6 heteroatoms. The molecule has 106 valence electrons. The summed E-state index contributed by atoms with van der Waals surface area (Å²) in [6.07, 6.45) is 2.12. The first kappa shape index (κ1) is 13.1. The highest BCUT2D eigenvalue weighted by Gasteiger charge is 2.31. The number of benzene rings is 1. The molecule has 0 aliphatic carbocycles. The second kappa shape index (κ2) is 4.86. The van der Waals surface area contributed by atoms with Crippen LogP contribution in [0.1, 0.15) is 25.3 Å². The Morgan fingerprint density at radius 3 is 3.05 bits per heavy atom. The fourth-order valence-electron chi connectivity index (χ4n) is 2.66. The number of rotatable bonds is 3. The van der Waals surface area contributed by atoms with Crippen molar-refractivity contribution in [2.75, 3.05) is 12.3 Å². The van der Waals surface area contributed by atoms with Gasteiger partial charge in [0.15, 0.2) is 5.82 Å². The molecule has 0 saturated carbocycles. The van der Waals surface area contributed by atoms with E-state index in [1.54, 1.807) is 0 Å². The fraction of sp³-hybridized carbons (Fsp3) is 0.500. The van der Waals surface area contributed by atoms with Gasteiger partial charge in [-0.3, -0.25) is 0 Å². The van der Waals surface area contributed by atoms with Crippen molar-refractivity contribution >= 4 is 5.69 Å². The normalized spacial score (nSPS) is 22.3. The van der Waals surface area contributed by atoms with E-state index in [9.17, 15) is 0 Å². The summed E-state index contributed by atoms with van der Waals surface area (Å²) in [6, 6.07) is 5.78. The third-order valence-corrected chi connectivity index (χ3v) is 3.82. The quantitative estimate of drug-likeness (QED) is 0.863. The molecule has 1 aliphatic heterocycles. The number of nitrogens with two attached hydrogens (primary N) is 1. The minimum absolute atomic E-state index is 0.182. The standard InChI is InChI=1S/C14H19N5O/c1-10-4-5-11(15)8-12(10)13-16-17-18-19(13)9-14(2)6-3-7-20-14/h4-5,8H,3,6-7,9,15H2,1-2H3.